The van der Waals surface area contributed by atoms with E-state index in [0.29, 0.717) is 0 Å². The third kappa shape index (κ3) is 1.90. The van der Waals surface area contributed by atoms with Gasteiger partial charge in [-0.1, -0.05) is 11.6 Å². The van der Waals surface area contributed by atoms with E-state index in [9.17, 15) is 22.8 Å². The van der Waals surface area contributed by atoms with Gasteiger partial charge in [-0.05, 0) is 49.4 Å². The van der Waals surface area contributed by atoms with Crippen LogP contribution in [0, 0.1) is 23.7 Å². The fraction of sp³-hybridized carbons (Fsp3) is 0.412. The molecule has 4 atom stereocenters. The number of hydrogen-bond acceptors (Lipinski definition) is 2. The first-order valence-electron chi connectivity index (χ1n) is 7.52. The minimum atomic E-state index is -4.44. The van der Waals surface area contributed by atoms with Crippen molar-refractivity contribution in [3.05, 3.63) is 41.5 Å². The van der Waals surface area contributed by atoms with E-state index in [2.05, 4.69) is 6.08 Å². The molecule has 1 heterocycles. The Bertz CT molecular complexity index is 735. The summed E-state index contributed by atoms with van der Waals surface area (Å²) < 4.78 is 37.9. The molecule has 2 fully saturated rings. The van der Waals surface area contributed by atoms with Gasteiger partial charge in [-0.3, -0.25) is 14.5 Å². The summed E-state index contributed by atoms with van der Waals surface area (Å²) in [6, 6.07) is 4.20. The molecule has 1 aromatic carbocycles. The molecular weight excluding hydrogens is 307 g/mol. The van der Waals surface area contributed by atoms with Crippen molar-refractivity contribution in [3.8, 4) is 0 Å². The van der Waals surface area contributed by atoms with Crippen LogP contribution in [0.15, 0.2) is 35.9 Å². The van der Waals surface area contributed by atoms with E-state index < -0.39 is 11.7 Å². The summed E-state index contributed by atoms with van der Waals surface area (Å²) in [4.78, 5) is 26.4. The molecule has 1 aromatic rings. The first-order valence-corrected chi connectivity index (χ1v) is 7.52. The second-order valence-corrected chi connectivity index (χ2v) is 6.52. The Morgan fingerprint density at radius 3 is 2.26 bits per heavy atom. The molecular formula is C17H14F3NO2. The lowest BCUT2D eigenvalue weighted by atomic mass is 9.82. The molecule has 1 aliphatic heterocycles. The SMILES string of the molecule is CC1=C[C@H]2C[C@@H]1[C@@H]1C(=O)N(c3ccc(C(F)(F)F)cc3)C(=O)[C@H]12. The summed E-state index contributed by atoms with van der Waals surface area (Å²) >= 11 is 0. The molecule has 120 valence electrons. The Labute approximate surface area is 130 Å². The second kappa shape index (κ2) is 4.46. The Hall–Kier alpha value is -2.11. The summed E-state index contributed by atoms with van der Waals surface area (Å²) in [5.41, 5.74) is 0.573. The molecule has 23 heavy (non-hydrogen) atoms. The van der Waals surface area contributed by atoms with Gasteiger partial charge in [-0.15, -0.1) is 0 Å². The zero-order valence-electron chi connectivity index (χ0n) is 12.3. The number of benzene rings is 1. The van der Waals surface area contributed by atoms with Crippen LogP contribution in [0.3, 0.4) is 0 Å². The fourth-order valence-electron chi connectivity index (χ4n) is 4.33. The maximum absolute atomic E-state index is 12.7. The normalized spacial score (nSPS) is 32.5. The van der Waals surface area contributed by atoms with Crippen molar-refractivity contribution in [2.24, 2.45) is 23.7 Å². The van der Waals surface area contributed by atoms with Crippen LogP contribution in [-0.4, -0.2) is 11.8 Å². The van der Waals surface area contributed by atoms with Crippen molar-refractivity contribution in [3.63, 3.8) is 0 Å². The van der Waals surface area contributed by atoms with Crippen LogP contribution in [-0.2, 0) is 15.8 Å². The van der Waals surface area contributed by atoms with E-state index in [4.69, 9.17) is 0 Å². The van der Waals surface area contributed by atoms with Gasteiger partial charge >= 0.3 is 6.18 Å². The monoisotopic (exact) mass is 321 g/mol. The molecule has 2 amide bonds. The maximum Gasteiger partial charge on any atom is 0.416 e. The Morgan fingerprint density at radius 2 is 1.65 bits per heavy atom. The average molecular weight is 321 g/mol. The highest BCUT2D eigenvalue weighted by molar-refractivity contribution is 6.22. The molecule has 3 nitrogen and oxygen atoms in total. The minimum absolute atomic E-state index is 0.0842. The van der Waals surface area contributed by atoms with E-state index in [-0.39, 0.29) is 41.2 Å². The standard InChI is InChI=1S/C17H14F3NO2/c1-8-6-9-7-12(8)14-13(9)15(22)21(16(14)23)11-4-2-10(3-5-11)17(18,19)20/h2-6,9,12-14H,7H2,1H3/t9-,12-,13-,14-/m0/s1. The van der Waals surface area contributed by atoms with E-state index in [0.717, 1.165) is 29.0 Å². The molecule has 1 saturated heterocycles. The number of allylic oxidation sites excluding steroid dienone is 2. The Balaban J connectivity index is 1.67. The first-order chi connectivity index (χ1) is 10.8. The number of imide groups is 1. The number of fused-ring (bicyclic) bond motifs is 5. The Morgan fingerprint density at radius 1 is 1.04 bits per heavy atom. The number of hydrogen-bond donors (Lipinski definition) is 0. The lowest BCUT2D eigenvalue weighted by molar-refractivity contribution is -0.137. The van der Waals surface area contributed by atoms with E-state index in [1.807, 2.05) is 6.92 Å². The van der Waals surface area contributed by atoms with Crippen molar-refractivity contribution in [1.29, 1.82) is 0 Å². The molecule has 0 unspecified atom stereocenters. The van der Waals surface area contributed by atoms with Gasteiger partial charge in [0.2, 0.25) is 11.8 Å². The highest BCUT2D eigenvalue weighted by Crippen LogP contribution is 2.55. The van der Waals surface area contributed by atoms with Crippen LogP contribution in [0.4, 0.5) is 18.9 Å². The van der Waals surface area contributed by atoms with Crippen LogP contribution >= 0.6 is 0 Å². The van der Waals surface area contributed by atoms with Crippen LogP contribution in [0.25, 0.3) is 0 Å². The highest BCUT2D eigenvalue weighted by atomic mass is 19.4. The van der Waals surface area contributed by atoms with Crippen molar-refractivity contribution >= 4 is 17.5 Å². The number of carbonyl (C=O) groups is 2. The van der Waals surface area contributed by atoms with Gasteiger partial charge in [0, 0.05) is 0 Å². The molecule has 2 bridgehead atoms. The van der Waals surface area contributed by atoms with E-state index in [1.165, 1.54) is 12.1 Å². The lowest BCUT2D eigenvalue weighted by Gasteiger charge is -2.19. The topological polar surface area (TPSA) is 37.4 Å². The predicted octanol–water partition coefficient (Wildman–Crippen LogP) is 3.41. The van der Waals surface area contributed by atoms with Crippen LogP contribution in [0.1, 0.15) is 18.9 Å². The second-order valence-electron chi connectivity index (χ2n) is 6.52. The molecule has 4 rings (SSSR count). The van der Waals surface area contributed by atoms with Gasteiger partial charge in [-0.25, -0.2) is 0 Å². The molecule has 1 saturated carbocycles. The number of carbonyl (C=O) groups excluding carboxylic acids is 2. The fourth-order valence-corrected chi connectivity index (χ4v) is 4.33. The molecule has 0 aromatic heterocycles. The van der Waals surface area contributed by atoms with Gasteiger partial charge in [0.25, 0.3) is 0 Å². The van der Waals surface area contributed by atoms with Gasteiger partial charge in [0.05, 0.1) is 23.1 Å². The van der Waals surface area contributed by atoms with Gasteiger partial charge in [0.15, 0.2) is 0 Å². The summed E-state index contributed by atoms with van der Waals surface area (Å²) in [5, 5.41) is 0. The molecule has 2 aliphatic carbocycles. The van der Waals surface area contributed by atoms with Crippen molar-refractivity contribution < 1.29 is 22.8 Å². The van der Waals surface area contributed by atoms with E-state index in [1.54, 1.807) is 0 Å². The molecule has 0 radical (unpaired) electrons. The van der Waals surface area contributed by atoms with Gasteiger partial charge < -0.3 is 0 Å². The number of rotatable bonds is 1. The number of alkyl halides is 3. The average Bonchev–Trinajstić information content (AvgIpc) is 3.10. The zero-order chi connectivity index (χ0) is 16.5. The third-order valence-electron chi connectivity index (χ3n) is 5.33. The summed E-state index contributed by atoms with van der Waals surface area (Å²) in [7, 11) is 0. The molecule has 3 aliphatic rings. The van der Waals surface area contributed by atoms with Crippen LogP contribution < -0.4 is 4.90 Å². The number of nitrogens with zero attached hydrogens (tertiary/aromatic N) is 1. The predicted molar refractivity (Wildman–Crippen MR) is 76.3 cm³/mol. The molecule has 0 spiro atoms. The van der Waals surface area contributed by atoms with Crippen molar-refractivity contribution in [1.82, 2.24) is 0 Å². The van der Waals surface area contributed by atoms with Crippen molar-refractivity contribution in [2.75, 3.05) is 4.90 Å². The number of amides is 2. The lowest BCUT2D eigenvalue weighted by Crippen LogP contribution is -2.33. The van der Waals surface area contributed by atoms with Gasteiger partial charge in [-0.2, -0.15) is 13.2 Å². The largest absolute Gasteiger partial charge is 0.416 e. The van der Waals surface area contributed by atoms with Crippen LogP contribution in [0.2, 0.25) is 0 Å². The quantitative estimate of drug-likeness (QED) is 0.587. The molecule has 0 N–H and O–H groups in total. The smallest absolute Gasteiger partial charge is 0.274 e. The van der Waals surface area contributed by atoms with E-state index >= 15 is 0 Å². The van der Waals surface area contributed by atoms with Crippen molar-refractivity contribution in [2.45, 2.75) is 19.5 Å². The third-order valence-corrected chi connectivity index (χ3v) is 5.33. The number of halogens is 3. The summed E-state index contributed by atoms with van der Waals surface area (Å²) in [6.07, 6.45) is -1.54. The molecule has 6 heteroatoms. The zero-order valence-corrected chi connectivity index (χ0v) is 12.3. The highest BCUT2D eigenvalue weighted by Gasteiger charge is 2.60. The maximum atomic E-state index is 12.7. The summed E-state index contributed by atoms with van der Waals surface area (Å²) in [5.74, 6) is -1.07. The van der Waals surface area contributed by atoms with Crippen LogP contribution in [0.5, 0.6) is 0 Å². The summed E-state index contributed by atoms with van der Waals surface area (Å²) in [6.45, 7) is 1.97. The Kier molecular flexibility index (Phi) is 2.81. The first kappa shape index (κ1) is 14.5. The number of anilines is 1. The van der Waals surface area contributed by atoms with Gasteiger partial charge in [0.1, 0.15) is 0 Å². The minimum Gasteiger partial charge on any atom is -0.274 e.